The van der Waals surface area contributed by atoms with E-state index in [0.29, 0.717) is 28.6 Å². The molecule has 0 bridgehead atoms. The normalized spacial score (nSPS) is 16.8. The zero-order valence-electron chi connectivity index (χ0n) is 21.0. The van der Waals surface area contributed by atoms with Crippen molar-refractivity contribution in [1.82, 2.24) is 15.0 Å². The van der Waals surface area contributed by atoms with E-state index in [1.165, 1.54) is 48.4 Å². The van der Waals surface area contributed by atoms with E-state index in [2.05, 4.69) is 33.2 Å². The molecule has 1 atom stereocenters. The molecular weight excluding hydrogens is 523 g/mol. The van der Waals surface area contributed by atoms with Gasteiger partial charge in [-0.25, -0.2) is 13.8 Å². The summed E-state index contributed by atoms with van der Waals surface area (Å²) in [7, 11) is 0. The number of nitrogens with one attached hydrogen (secondary N) is 2. The van der Waals surface area contributed by atoms with Crippen LogP contribution in [-0.2, 0) is 0 Å². The Hall–Kier alpha value is -3.85. The van der Waals surface area contributed by atoms with Crippen LogP contribution in [0.25, 0.3) is 22.3 Å². The minimum Gasteiger partial charge on any atom is -0.493 e. The number of thioether (sulfide) groups is 1. The van der Waals surface area contributed by atoms with Crippen molar-refractivity contribution in [3.63, 3.8) is 0 Å². The molecule has 1 aliphatic carbocycles. The van der Waals surface area contributed by atoms with Gasteiger partial charge in [0.1, 0.15) is 23.1 Å². The van der Waals surface area contributed by atoms with E-state index in [-0.39, 0.29) is 28.5 Å². The van der Waals surface area contributed by atoms with Crippen LogP contribution in [-0.4, -0.2) is 27.8 Å². The second-order valence-electron chi connectivity index (χ2n) is 9.92. The molecule has 1 unspecified atom stereocenters. The van der Waals surface area contributed by atoms with E-state index in [1.807, 2.05) is 0 Å². The summed E-state index contributed by atoms with van der Waals surface area (Å²) in [5.74, 6) is -0.810. The average Bonchev–Trinajstić information content (AvgIpc) is 3.47. The van der Waals surface area contributed by atoms with Crippen LogP contribution in [0.2, 0.25) is 0 Å². The van der Waals surface area contributed by atoms with Crippen molar-refractivity contribution in [3.05, 3.63) is 89.1 Å². The second-order valence-corrected chi connectivity index (χ2v) is 10.7. The Morgan fingerprint density at radius 2 is 1.87 bits per heavy atom. The smallest absolute Gasteiger partial charge is 0.204 e. The fourth-order valence-corrected chi connectivity index (χ4v) is 6.18. The van der Waals surface area contributed by atoms with Crippen molar-refractivity contribution in [1.29, 1.82) is 0 Å². The molecule has 9 heteroatoms. The lowest BCUT2D eigenvalue weighted by molar-refractivity contribution is 0.273. The van der Waals surface area contributed by atoms with Crippen LogP contribution in [0.4, 0.5) is 13.2 Å². The Morgan fingerprint density at radius 3 is 2.69 bits per heavy atom. The number of imidazole rings is 1. The number of nitrogens with zero attached hydrogens (tertiary/aromatic N) is 1. The molecular formula is C30H24F3N3O2S. The lowest BCUT2D eigenvalue weighted by Crippen LogP contribution is -2.16. The third-order valence-electron chi connectivity index (χ3n) is 7.52. The topological polar surface area (TPSA) is 62.9 Å². The maximum atomic E-state index is 15.0. The molecule has 2 aliphatic rings. The number of rotatable bonds is 6. The molecule has 1 fully saturated rings. The number of halogens is 3. The highest BCUT2D eigenvalue weighted by atomic mass is 32.2. The van der Waals surface area contributed by atoms with E-state index < -0.39 is 17.5 Å². The van der Waals surface area contributed by atoms with E-state index in [1.54, 1.807) is 24.7 Å². The molecule has 2 N–H and O–H groups in total. The van der Waals surface area contributed by atoms with Gasteiger partial charge in [-0.05, 0) is 61.3 Å². The molecule has 3 heterocycles. The predicted octanol–water partition coefficient (Wildman–Crippen LogP) is 8.28. The average molecular weight is 548 g/mol. The highest BCUT2D eigenvalue weighted by Crippen LogP contribution is 2.49. The summed E-state index contributed by atoms with van der Waals surface area (Å²) in [6.45, 7) is 0.596. The first-order valence-corrected chi connectivity index (χ1v) is 14.1. The number of benzene rings is 3. The number of para-hydroxylation sites is 1. The van der Waals surface area contributed by atoms with Gasteiger partial charge in [0.2, 0.25) is 5.82 Å². The fraction of sp³-hybridized carbons (Fsp3) is 0.233. The minimum absolute atomic E-state index is 0.0467. The first-order chi connectivity index (χ1) is 19.0. The van der Waals surface area contributed by atoms with Gasteiger partial charge in [-0.2, -0.15) is 4.39 Å². The van der Waals surface area contributed by atoms with E-state index in [9.17, 15) is 4.39 Å². The number of hydrogen-bond acceptors (Lipinski definition) is 4. The molecule has 1 aliphatic heterocycles. The van der Waals surface area contributed by atoms with Gasteiger partial charge in [-0.1, -0.05) is 18.2 Å². The minimum atomic E-state index is -1.11. The number of aromatic nitrogens is 3. The van der Waals surface area contributed by atoms with Crippen LogP contribution in [0.15, 0.2) is 59.8 Å². The number of hydrogen-bond donors (Lipinski definition) is 2. The number of H-pyrrole nitrogens is 2. The van der Waals surface area contributed by atoms with Crippen LogP contribution in [0, 0.1) is 17.5 Å². The predicted molar refractivity (Wildman–Crippen MR) is 144 cm³/mol. The van der Waals surface area contributed by atoms with Crippen molar-refractivity contribution >= 4 is 22.7 Å². The molecule has 0 spiro atoms. The molecule has 2 aromatic heterocycles. The molecule has 0 amide bonds. The monoisotopic (exact) mass is 547 g/mol. The molecule has 1 saturated carbocycles. The Labute approximate surface area is 226 Å². The number of aromatic amines is 2. The van der Waals surface area contributed by atoms with Crippen LogP contribution >= 0.6 is 11.8 Å². The lowest BCUT2D eigenvalue weighted by atomic mass is 9.88. The van der Waals surface area contributed by atoms with Gasteiger partial charge in [0.05, 0.1) is 22.6 Å². The zero-order chi connectivity index (χ0) is 26.7. The largest absolute Gasteiger partial charge is 0.493 e. The Morgan fingerprint density at radius 1 is 1.03 bits per heavy atom. The zero-order valence-corrected chi connectivity index (χ0v) is 21.8. The SMILES string of the molecule is CSc1c(Oc2ccc(F)c(-c3ncc(C4CCOc5c(C6CC6)cccc54)[nH]3)c2)c(F)c(F)c2[nH]ccc12. The number of fused-ring (bicyclic) bond motifs is 2. The van der Waals surface area contributed by atoms with Gasteiger partial charge in [0.25, 0.3) is 0 Å². The van der Waals surface area contributed by atoms with Crippen LogP contribution < -0.4 is 9.47 Å². The van der Waals surface area contributed by atoms with Crippen molar-refractivity contribution in [2.24, 2.45) is 0 Å². The maximum Gasteiger partial charge on any atom is 0.204 e. The van der Waals surface area contributed by atoms with Gasteiger partial charge < -0.3 is 19.4 Å². The molecule has 7 rings (SSSR count). The molecule has 0 radical (unpaired) electrons. The Kier molecular flexibility index (Phi) is 5.84. The van der Waals surface area contributed by atoms with Gasteiger partial charge in [-0.3, -0.25) is 0 Å². The van der Waals surface area contributed by atoms with Gasteiger partial charge in [0, 0.05) is 35.0 Å². The van der Waals surface area contributed by atoms with Crippen molar-refractivity contribution in [3.8, 4) is 28.6 Å². The quantitative estimate of drug-likeness (QED) is 0.210. The van der Waals surface area contributed by atoms with Crippen LogP contribution in [0.1, 0.15) is 47.9 Å². The molecule has 5 nitrogen and oxygen atoms in total. The molecule has 39 heavy (non-hydrogen) atoms. The first-order valence-electron chi connectivity index (χ1n) is 12.8. The summed E-state index contributed by atoms with van der Waals surface area (Å²) in [6, 6.07) is 12.0. The van der Waals surface area contributed by atoms with Crippen molar-refractivity contribution in [2.75, 3.05) is 12.9 Å². The molecule has 198 valence electrons. The third kappa shape index (κ3) is 4.07. The summed E-state index contributed by atoms with van der Waals surface area (Å²) in [5.41, 5.74) is 3.49. The molecule has 3 aromatic carbocycles. The summed E-state index contributed by atoms with van der Waals surface area (Å²) in [4.78, 5) is 10.9. The van der Waals surface area contributed by atoms with Gasteiger partial charge >= 0.3 is 0 Å². The summed E-state index contributed by atoms with van der Waals surface area (Å²) in [5, 5.41) is 0.510. The molecule has 5 aromatic rings. The summed E-state index contributed by atoms with van der Waals surface area (Å²) in [6.07, 6.45) is 8.18. The van der Waals surface area contributed by atoms with Crippen molar-refractivity contribution < 1.29 is 22.6 Å². The highest BCUT2D eigenvalue weighted by molar-refractivity contribution is 7.99. The Bertz CT molecular complexity index is 1730. The summed E-state index contributed by atoms with van der Waals surface area (Å²) >= 11 is 1.24. The lowest BCUT2D eigenvalue weighted by Gasteiger charge is -2.27. The molecule has 0 saturated heterocycles. The van der Waals surface area contributed by atoms with Gasteiger partial charge in [0.15, 0.2) is 11.6 Å². The van der Waals surface area contributed by atoms with E-state index >= 15 is 8.78 Å². The van der Waals surface area contributed by atoms with Crippen LogP contribution in [0.5, 0.6) is 17.2 Å². The number of ether oxygens (including phenoxy) is 2. The first kappa shape index (κ1) is 24.2. The second kappa shape index (κ2) is 9.41. The standard InChI is InChI=1S/C30H24F3N3O2S/c1-39-29-20-9-11-34-26(20)24(32)25(33)28(29)38-16-7-8-22(31)21(13-16)30-35-14-23(36-30)18-10-12-37-27-17(15-5-6-15)3-2-4-19(18)27/h2-4,7-9,11,13-15,18,34H,5-6,10,12H2,1H3,(H,35,36). The van der Waals surface area contributed by atoms with Gasteiger partial charge in [-0.15, -0.1) is 11.8 Å². The van der Waals surface area contributed by atoms with E-state index in [0.717, 1.165) is 23.4 Å². The third-order valence-corrected chi connectivity index (χ3v) is 8.33. The summed E-state index contributed by atoms with van der Waals surface area (Å²) < 4.78 is 56.7. The van der Waals surface area contributed by atoms with Crippen molar-refractivity contribution in [2.45, 2.75) is 36.0 Å². The Balaban J connectivity index is 1.23. The van der Waals surface area contributed by atoms with E-state index in [4.69, 9.17) is 9.47 Å². The van der Waals surface area contributed by atoms with Crippen LogP contribution in [0.3, 0.4) is 0 Å². The highest BCUT2D eigenvalue weighted by Gasteiger charge is 2.32. The maximum absolute atomic E-state index is 15.0. The fourth-order valence-electron chi connectivity index (χ4n) is 5.47.